The van der Waals surface area contributed by atoms with Gasteiger partial charge in [-0.2, -0.15) is 0 Å². The molecule has 77 heavy (non-hydrogen) atoms. The Bertz CT molecular complexity index is 3780. The number of rotatable bonds is 10. The SMILES string of the molecule is Cc1cccc(N(c2cccnc2)c2ccc3c(c2)C(C)(C)c2cc(C=Cc4ccc5c(c4)C(C)(C)c4cc(C=Cc6ccc7c(c6)C(C)(C)c6cc(N(c8cccnc8)c8cccc(C)c8)ccc6-7)ccc4-5)ccc2-3)c1. The molecule has 3 aliphatic rings. The van der Waals surface area contributed by atoms with E-state index in [4.69, 9.17) is 0 Å². The number of hydrogen-bond acceptors (Lipinski definition) is 4. The fourth-order valence-electron chi connectivity index (χ4n) is 12.7. The Hall–Kier alpha value is -8.86. The maximum Gasteiger partial charge on any atom is 0.0644 e. The Kier molecular flexibility index (Phi) is 11.3. The van der Waals surface area contributed by atoms with Crippen molar-refractivity contribution in [2.75, 3.05) is 9.80 Å². The summed E-state index contributed by atoms with van der Waals surface area (Å²) >= 11 is 0. The molecule has 0 saturated heterocycles. The minimum Gasteiger partial charge on any atom is -0.309 e. The smallest absolute Gasteiger partial charge is 0.0644 e. The fourth-order valence-corrected chi connectivity index (χ4v) is 12.7. The third-order valence-electron chi connectivity index (χ3n) is 16.9. The molecule has 2 heterocycles. The predicted octanol–water partition coefficient (Wildman–Crippen LogP) is 19.3. The van der Waals surface area contributed by atoms with E-state index in [1.54, 1.807) is 0 Å². The minimum absolute atomic E-state index is 0.152. The summed E-state index contributed by atoms with van der Waals surface area (Å²) in [7, 11) is 0. The summed E-state index contributed by atoms with van der Waals surface area (Å²) in [6.07, 6.45) is 16.7. The van der Waals surface area contributed by atoms with Gasteiger partial charge in [0.2, 0.25) is 0 Å². The lowest BCUT2D eigenvalue weighted by atomic mass is 9.81. The van der Waals surface area contributed by atoms with Crippen LogP contribution < -0.4 is 9.80 Å². The second-order valence-corrected chi connectivity index (χ2v) is 23.0. The van der Waals surface area contributed by atoms with Crippen molar-refractivity contribution in [3.05, 3.63) is 274 Å². The quantitative estimate of drug-likeness (QED) is 0.128. The summed E-state index contributed by atoms with van der Waals surface area (Å²) in [5, 5.41) is 0. The van der Waals surface area contributed by atoms with Gasteiger partial charge < -0.3 is 9.80 Å². The van der Waals surface area contributed by atoms with Crippen LogP contribution in [0.3, 0.4) is 0 Å². The van der Waals surface area contributed by atoms with E-state index in [1.165, 1.54) is 100 Å². The van der Waals surface area contributed by atoms with Gasteiger partial charge in [0.15, 0.2) is 0 Å². The van der Waals surface area contributed by atoms with Crippen LogP contribution in [0.2, 0.25) is 0 Å². The molecule has 2 aromatic heterocycles. The van der Waals surface area contributed by atoms with E-state index >= 15 is 0 Å². The normalized spacial score (nSPS) is 14.7. The Morgan fingerprint density at radius 3 is 0.883 bits per heavy atom. The molecule has 0 aliphatic heterocycles. The first-order valence-corrected chi connectivity index (χ1v) is 27.0. The molecule has 0 fully saturated rings. The number of hydrogen-bond donors (Lipinski definition) is 0. The maximum absolute atomic E-state index is 4.49. The number of anilines is 6. The fraction of sp³-hybridized carbons (Fsp3) is 0.151. The third kappa shape index (κ3) is 8.13. The van der Waals surface area contributed by atoms with Crippen LogP contribution >= 0.6 is 0 Å². The van der Waals surface area contributed by atoms with E-state index in [-0.39, 0.29) is 16.2 Å². The summed E-state index contributed by atoms with van der Waals surface area (Å²) in [5.74, 6) is 0. The van der Waals surface area contributed by atoms with Gasteiger partial charge in [0.25, 0.3) is 0 Å². The standard InChI is InChI=1S/C73H62N4/c1-47-13-9-15-53(37-47)76(57-17-11-35-74-45-57)55-27-33-63-61-31-25-51(41-67(61)72(5,6)69(63)43-55)21-19-49-23-29-59-60-30-24-50(40-66(60)71(3,4)65(59)39-49)20-22-52-26-32-62-64-34-28-56(44-70(64)73(7,8)68(62)42-52)77(58-18-12-36-75-46-58)54-16-10-14-48(2)38-54/h9-46H,1-8H3. The van der Waals surface area contributed by atoms with Crippen molar-refractivity contribution in [3.8, 4) is 33.4 Å². The van der Waals surface area contributed by atoms with Crippen molar-refractivity contribution in [3.63, 3.8) is 0 Å². The van der Waals surface area contributed by atoms with Gasteiger partial charge in [-0.3, -0.25) is 9.97 Å². The zero-order valence-electron chi connectivity index (χ0n) is 45.2. The minimum atomic E-state index is -0.182. The van der Waals surface area contributed by atoms with Gasteiger partial charge >= 0.3 is 0 Å². The summed E-state index contributed by atoms with van der Waals surface area (Å²) in [4.78, 5) is 13.6. The van der Waals surface area contributed by atoms with Gasteiger partial charge in [-0.1, -0.05) is 175 Å². The number of pyridine rings is 2. The number of aryl methyl sites for hydroxylation is 2. The monoisotopic (exact) mass is 994 g/mol. The van der Waals surface area contributed by atoms with Crippen LogP contribution in [0.5, 0.6) is 0 Å². The average Bonchev–Trinajstić information content (AvgIpc) is 4.12. The second kappa shape index (κ2) is 18.2. The molecule has 10 aromatic rings. The predicted molar refractivity (Wildman–Crippen MR) is 324 cm³/mol. The van der Waals surface area contributed by atoms with E-state index < -0.39 is 0 Å². The highest BCUT2D eigenvalue weighted by atomic mass is 15.2. The maximum atomic E-state index is 4.49. The van der Waals surface area contributed by atoms with Crippen LogP contribution in [0.1, 0.15) is 108 Å². The molecule has 0 saturated carbocycles. The highest BCUT2D eigenvalue weighted by molar-refractivity contribution is 5.90. The van der Waals surface area contributed by atoms with E-state index in [1.807, 2.05) is 36.9 Å². The van der Waals surface area contributed by atoms with Crippen molar-refractivity contribution in [2.24, 2.45) is 0 Å². The van der Waals surface area contributed by atoms with Crippen LogP contribution in [0.25, 0.3) is 57.7 Å². The molecular formula is C73H62N4. The van der Waals surface area contributed by atoms with Gasteiger partial charge in [-0.05, 0) is 187 Å². The van der Waals surface area contributed by atoms with Crippen molar-refractivity contribution >= 4 is 58.4 Å². The first kappa shape index (κ1) is 47.8. The van der Waals surface area contributed by atoms with Gasteiger partial charge in [-0.25, -0.2) is 0 Å². The zero-order chi connectivity index (χ0) is 52.8. The molecule has 4 heteroatoms. The number of benzene rings is 8. The Labute approximate surface area is 454 Å². The van der Waals surface area contributed by atoms with Crippen LogP contribution in [-0.4, -0.2) is 9.97 Å². The molecule has 0 spiro atoms. The summed E-state index contributed by atoms with van der Waals surface area (Å²) in [6, 6.07) is 67.6. The molecule has 0 amide bonds. The van der Waals surface area contributed by atoms with Gasteiger partial charge in [0, 0.05) is 51.4 Å². The first-order valence-electron chi connectivity index (χ1n) is 27.0. The molecule has 374 valence electrons. The zero-order valence-corrected chi connectivity index (χ0v) is 45.2. The van der Waals surface area contributed by atoms with Crippen molar-refractivity contribution < 1.29 is 0 Å². The Balaban J connectivity index is 0.732. The molecule has 3 aliphatic carbocycles. The average molecular weight is 995 g/mol. The molecule has 0 unspecified atom stereocenters. The van der Waals surface area contributed by atoms with Crippen LogP contribution in [0.15, 0.2) is 207 Å². The topological polar surface area (TPSA) is 32.3 Å². The van der Waals surface area contributed by atoms with E-state index in [9.17, 15) is 0 Å². The molecule has 0 bridgehead atoms. The number of aromatic nitrogens is 2. The largest absolute Gasteiger partial charge is 0.309 e. The summed E-state index contributed by atoms with van der Waals surface area (Å²) in [6.45, 7) is 18.5. The molecule has 0 atom stereocenters. The third-order valence-corrected chi connectivity index (χ3v) is 16.9. The Morgan fingerprint density at radius 2 is 0.584 bits per heavy atom. The van der Waals surface area contributed by atoms with Crippen molar-refractivity contribution in [2.45, 2.75) is 71.6 Å². The number of fused-ring (bicyclic) bond motifs is 9. The molecule has 13 rings (SSSR count). The Morgan fingerprint density at radius 1 is 0.299 bits per heavy atom. The molecule has 8 aromatic carbocycles. The van der Waals surface area contributed by atoms with Gasteiger partial charge in [0.1, 0.15) is 0 Å². The molecule has 4 nitrogen and oxygen atoms in total. The lowest BCUT2D eigenvalue weighted by molar-refractivity contribution is 0.660. The van der Waals surface area contributed by atoms with Crippen molar-refractivity contribution in [1.29, 1.82) is 0 Å². The highest BCUT2D eigenvalue weighted by Crippen LogP contribution is 2.54. The van der Waals surface area contributed by atoms with E-state index in [2.05, 4.69) is 269 Å². The van der Waals surface area contributed by atoms with Gasteiger partial charge in [-0.15, -0.1) is 0 Å². The van der Waals surface area contributed by atoms with Gasteiger partial charge in [0.05, 0.1) is 23.8 Å². The number of nitrogens with zero attached hydrogens (tertiary/aromatic N) is 4. The van der Waals surface area contributed by atoms with Crippen molar-refractivity contribution in [1.82, 2.24) is 9.97 Å². The molecule has 0 N–H and O–H groups in total. The van der Waals surface area contributed by atoms with Crippen LogP contribution in [0.4, 0.5) is 34.1 Å². The van der Waals surface area contributed by atoms with Crippen LogP contribution in [-0.2, 0) is 16.2 Å². The first-order chi connectivity index (χ1) is 37.2. The van der Waals surface area contributed by atoms with E-state index in [0.717, 1.165) is 34.1 Å². The highest BCUT2D eigenvalue weighted by Gasteiger charge is 2.39. The molecule has 0 radical (unpaired) electrons. The van der Waals surface area contributed by atoms with E-state index in [0.29, 0.717) is 0 Å². The summed E-state index contributed by atoms with van der Waals surface area (Å²) < 4.78 is 0. The summed E-state index contributed by atoms with van der Waals surface area (Å²) in [5.41, 5.74) is 29.3. The second-order valence-electron chi connectivity index (χ2n) is 23.0. The van der Waals surface area contributed by atoms with Crippen LogP contribution in [0, 0.1) is 13.8 Å². The lowest BCUT2D eigenvalue weighted by Gasteiger charge is -2.28. The lowest BCUT2D eigenvalue weighted by Crippen LogP contribution is -2.16. The molecular weight excluding hydrogens is 933 g/mol.